The van der Waals surface area contributed by atoms with Crippen molar-refractivity contribution in [3.8, 4) is 11.1 Å². The zero-order chi connectivity index (χ0) is 24.4. The number of aromatic carboxylic acids is 1. The van der Waals surface area contributed by atoms with E-state index in [1.54, 1.807) is 12.1 Å². The van der Waals surface area contributed by atoms with Crippen LogP contribution < -0.4 is 10.6 Å². The number of hydrogen-bond acceptors (Lipinski definition) is 4. The third kappa shape index (κ3) is 4.62. The molecule has 7 heteroatoms. The molecule has 0 aliphatic heterocycles. The van der Waals surface area contributed by atoms with E-state index in [4.69, 9.17) is 9.84 Å². The second-order valence-corrected chi connectivity index (χ2v) is 8.99. The van der Waals surface area contributed by atoms with Crippen LogP contribution in [0.2, 0.25) is 0 Å². The fourth-order valence-electron chi connectivity index (χ4n) is 5.17. The molecule has 1 saturated carbocycles. The van der Waals surface area contributed by atoms with E-state index < -0.39 is 12.1 Å². The highest BCUT2D eigenvalue weighted by molar-refractivity contribution is 5.94. The number of amides is 2. The quantitative estimate of drug-likeness (QED) is 0.469. The number of benzene rings is 3. The summed E-state index contributed by atoms with van der Waals surface area (Å²) in [6.07, 6.45) is 1.65. The summed E-state index contributed by atoms with van der Waals surface area (Å²) >= 11 is 0. The smallest absolute Gasteiger partial charge is 0.407 e. The molecule has 35 heavy (non-hydrogen) atoms. The summed E-state index contributed by atoms with van der Waals surface area (Å²) in [7, 11) is 0. The van der Waals surface area contributed by atoms with Crippen molar-refractivity contribution in [1.29, 1.82) is 0 Å². The Hall–Kier alpha value is -4.13. The molecular formula is C28H26N2O5. The van der Waals surface area contributed by atoms with E-state index in [0.717, 1.165) is 17.5 Å². The number of carboxylic acids is 1. The van der Waals surface area contributed by atoms with E-state index in [2.05, 4.69) is 34.9 Å². The summed E-state index contributed by atoms with van der Waals surface area (Å²) in [6.45, 7) is 0.222. The first-order valence-electron chi connectivity index (χ1n) is 11.8. The Morgan fingerprint density at radius 3 is 2.11 bits per heavy atom. The molecule has 3 aromatic rings. The zero-order valence-electron chi connectivity index (χ0n) is 19.1. The van der Waals surface area contributed by atoms with Gasteiger partial charge in [-0.1, -0.05) is 55.0 Å². The lowest BCUT2D eigenvalue weighted by Gasteiger charge is -2.21. The average molecular weight is 471 g/mol. The van der Waals surface area contributed by atoms with Crippen LogP contribution in [-0.2, 0) is 9.53 Å². The third-order valence-electron chi connectivity index (χ3n) is 6.90. The first-order valence-corrected chi connectivity index (χ1v) is 11.8. The lowest BCUT2D eigenvalue weighted by atomic mass is 9.98. The van der Waals surface area contributed by atoms with Crippen LogP contribution in [0.5, 0.6) is 0 Å². The number of carbonyl (C=O) groups is 3. The zero-order valence-corrected chi connectivity index (χ0v) is 19.1. The Bertz CT molecular complexity index is 1220. The number of nitrogens with one attached hydrogen (secondary N) is 2. The molecule has 2 atom stereocenters. The number of carbonyl (C=O) groups excluding carboxylic acids is 2. The average Bonchev–Trinajstić information content (AvgIpc) is 3.45. The highest BCUT2D eigenvalue weighted by Gasteiger charge is 2.35. The molecule has 3 N–H and O–H groups in total. The number of anilines is 1. The molecule has 0 heterocycles. The molecule has 1 fully saturated rings. The van der Waals surface area contributed by atoms with Crippen molar-refractivity contribution >= 4 is 23.7 Å². The van der Waals surface area contributed by atoms with E-state index in [1.165, 1.54) is 23.3 Å². The molecule has 2 amide bonds. The number of hydrogen-bond donors (Lipinski definition) is 3. The number of rotatable bonds is 6. The first-order chi connectivity index (χ1) is 17.0. The Morgan fingerprint density at radius 1 is 0.857 bits per heavy atom. The summed E-state index contributed by atoms with van der Waals surface area (Å²) in [6, 6.07) is 22.0. The maximum Gasteiger partial charge on any atom is 0.407 e. The van der Waals surface area contributed by atoms with Gasteiger partial charge in [-0.15, -0.1) is 0 Å². The molecule has 2 unspecified atom stereocenters. The van der Waals surface area contributed by atoms with E-state index in [9.17, 15) is 14.4 Å². The monoisotopic (exact) mass is 470 g/mol. The summed E-state index contributed by atoms with van der Waals surface area (Å²) in [5.41, 5.74) is 5.30. The Balaban J connectivity index is 1.19. The van der Waals surface area contributed by atoms with Crippen molar-refractivity contribution in [2.75, 3.05) is 11.9 Å². The Morgan fingerprint density at radius 2 is 1.49 bits per heavy atom. The minimum atomic E-state index is -1.02. The van der Waals surface area contributed by atoms with Crippen LogP contribution in [0.1, 0.15) is 46.7 Å². The van der Waals surface area contributed by atoms with Crippen LogP contribution in [0.15, 0.2) is 72.8 Å². The van der Waals surface area contributed by atoms with Crippen LogP contribution in [0, 0.1) is 5.92 Å². The third-order valence-corrected chi connectivity index (χ3v) is 6.90. The number of carboxylic acid groups (broad SMARTS) is 1. The predicted octanol–water partition coefficient (Wildman–Crippen LogP) is 5.03. The van der Waals surface area contributed by atoms with Gasteiger partial charge < -0.3 is 20.5 Å². The van der Waals surface area contributed by atoms with Gasteiger partial charge >= 0.3 is 12.1 Å². The van der Waals surface area contributed by atoms with Crippen molar-refractivity contribution in [3.63, 3.8) is 0 Å². The van der Waals surface area contributed by atoms with Gasteiger partial charge in [-0.05, 0) is 59.4 Å². The van der Waals surface area contributed by atoms with E-state index in [1.807, 2.05) is 24.3 Å². The van der Waals surface area contributed by atoms with Crippen molar-refractivity contribution in [3.05, 3.63) is 89.5 Å². The SMILES string of the molecule is O=C(NC1CCCC1C(=O)Nc1ccc(C(=O)O)cc1)OCC1c2ccccc2-c2ccccc21. The summed E-state index contributed by atoms with van der Waals surface area (Å²) in [5, 5.41) is 14.7. The normalized spacial score (nSPS) is 18.4. The molecule has 3 aromatic carbocycles. The van der Waals surface area contributed by atoms with Crippen LogP contribution in [0.25, 0.3) is 11.1 Å². The summed E-state index contributed by atoms with van der Waals surface area (Å²) in [5.74, 6) is -1.63. The van der Waals surface area contributed by atoms with Crippen LogP contribution in [-0.4, -0.2) is 35.7 Å². The van der Waals surface area contributed by atoms with Gasteiger partial charge in [0.2, 0.25) is 5.91 Å². The van der Waals surface area contributed by atoms with Crippen LogP contribution >= 0.6 is 0 Å². The molecule has 0 bridgehead atoms. The molecular weight excluding hydrogens is 444 g/mol. The minimum Gasteiger partial charge on any atom is -0.478 e. The van der Waals surface area contributed by atoms with Gasteiger partial charge in [0.15, 0.2) is 0 Å². The topological polar surface area (TPSA) is 105 Å². The molecule has 178 valence electrons. The van der Waals surface area contributed by atoms with Crippen molar-refractivity contribution in [2.24, 2.45) is 5.92 Å². The molecule has 0 aromatic heterocycles. The van der Waals surface area contributed by atoms with Crippen molar-refractivity contribution < 1.29 is 24.2 Å². The molecule has 5 rings (SSSR count). The molecule has 2 aliphatic rings. The van der Waals surface area contributed by atoms with E-state index in [0.29, 0.717) is 18.5 Å². The Kier molecular flexibility index (Phi) is 6.23. The van der Waals surface area contributed by atoms with Crippen molar-refractivity contribution in [1.82, 2.24) is 5.32 Å². The van der Waals surface area contributed by atoms with Gasteiger partial charge in [-0.2, -0.15) is 0 Å². The van der Waals surface area contributed by atoms with Crippen molar-refractivity contribution in [2.45, 2.75) is 31.2 Å². The predicted molar refractivity (Wildman–Crippen MR) is 131 cm³/mol. The van der Waals surface area contributed by atoms with E-state index >= 15 is 0 Å². The minimum absolute atomic E-state index is 0.0235. The van der Waals surface area contributed by atoms with Gasteiger partial charge in [-0.3, -0.25) is 4.79 Å². The van der Waals surface area contributed by atoms with Gasteiger partial charge in [0.25, 0.3) is 0 Å². The molecule has 0 radical (unpaired) electrons. The first kappa shape index (κ1) is 22.7. The van der Waals surface area contributed by atoms with Gasteiger partial charge in [0.1, 0.15) is 6.61 Å². The Labute approximate surface area is 203 Å². The number of alkyl carbamates (subject to hydrolysis) is 1. The molecule has 0 saturated heterocycles. The molecule has 0 spiro atoms. The maximum absolute atomic E-state index is 12.8. The van der Waals surface area contributed by atoms with Gasteiger partial charge in [-0.25, -0.2) is 9.59 Å². The summed E-state index contributed by atoms with van der Waals surface area (Å²) in [4.78, 5) is 36.5. The van der Waals surface area contributed by atoms with Gasteiger partial charge in [0, 0.05) is 17.6 Å². The lowest BCUT2D eigenvalue weighted by Crippen LogP contribution is -2.42. The highest BCUT2D eigenvalue weighted by Crippen LogP contribution is 2.44. The molecule has 2 aliphatic carbocycles. The lowest BCUT2D eigenvalue weighted by molar-refractivity contribution is -0.120. The fourth-order valence-corrected chi connectivity index (χ4v) is 5.17. The largest absolute Gasteiger partial charge is 0.478 e. The molecule has 7 nitrogen and oxygen atoms in total. The highest BCUT2D eigenvalue weighted by atomic mass is 16.5. The van der Waals surface area contributed by atoms with Crippen LogP contribution in [0.4, 0.5) is 10.5 Å². The van der Waals surface area contributed by atoms with E-state index in [-0.39, 0.29) is 36.0 Å². The maximum atomic E-state index is 12.8. The van der Waals surface area contributed by atoms with Crippen LogP contribution in [0.3, 0.4) is 0 Å². The standard InChI is InChI=1S/C28H26N2O5/c31-26(29-18-14-12-17(13-15-18)27(32)33)23-10-5-11-25(23)30-28(34)35-16-24-21-8-3-1-6-19(21)20-7-2-4-9-22(20)24/h1-4,6-9,12-15,23-25H,5,10-11,16H2,(H,29,31)(H,30,34)(H,32,33). The second kappa shape index (κ2) is 9.62. The number of ether oxygens (including phenoxy) is 1. The second-order valence-electron chi connectivity index (χ2n) is 8.99. The summed E-state index contributed by atoms with van der Waals surface area (Å²) < 4.78 is 5.65. The van der Waals surface area contributed by atoms with Gasteiger partial charge in [0.05, 0.1) is 11.5 Å². The number of fused-ring (bicyclic) bond motifs is 3. The fraction of sp³-hybridized carbons (Fsp3) is 0.250.